The fourth-order valence-corrected chi connectivity index (χ4v) is 4.19. The Balaban J connectivity index is 1.61. The smallest absolute Gasteiger partial charge is 0.272 e. The van der Waals surface area contributed by atoms with E-state index in [1.165, 1.54) is 45.7 Å². The Labute approximate surface area is 178 Å². The van der Waals surface area contributed by atoms with E-state index < -0.39 is 11.6 Å². The second-order valence-electron chi connectivity index (χ2n) is 6.01. The van der Waals surface area contributed by atoms with Crippen LogP contribution in [-0.4, -0.2) is 33.1 Å². The molecule has 29 heavy (non-hydrogen) atoms. The number of ether oxygens (including phenoxy) is 1. The Morgan fingerprint density at radius 2 is 1.90 bits per heavy atom. The highest BCUT2D eigenvalue weighted by molar-refractivity contribution is 7.99. The van der Waals surface area contributed by atoms with Gasteiger partial charge in [-0.1, -0.05) is 35.0 Å². The quantitative estimate of drug-likeness (QED) is 0.584. The molecule has 0 atom stereocenters. The van der Waals surface area contributed by atoms with Crippen LogP contribution in [-0.2, 0) is 6.61 Å². The second kappa shape index (κ2) is 8.17. The van der Waals surface area contributed by atoms with E-state index in [2.05, 4.69) is 10.2 Å². The van der Waals surface area contributed by atoms with Crippen LogP contribution < -0.4 is 9.75 Å². The van der Waals surface area contributed by atoms with Crippen molar-refractivity contribution in [1.82, 2.24) is 14.9 Å². The molecule has 0 fully saturated rings. The molecule has 0 bridgehead atoms. The molecule has 4 rings (SSSR count). The van der Waals surface area contributed by atoms with E-state index in [1.54, 1.807) is 0 Å². The lowest BCUT2D eigenvalue weighted by molar-refractivity contribution is 0.0952. The summed E-state index contributed by atoms with van der Waals surface area (Å²) in [5.74, 6) is -1.11. The molecule has 0 aliphatic carbocycles. The van der Waals surface area contributed by atoms with Crippen LogP contribution in [0, 0.1) is 11.6 Å². The predicted molar refractivity (Wildman–Crippen MR) is 105 cm³/mol. The molecular formula is C18H12Cl2F2N4O2S. The van der Waals surface area contributed by atoms with E-state index >= 15 is 0 Å². The number of carbonyl (C=O) groups is 1. The molecule has 2 heterocycles. The number of nitrogens with zero attached hydrogens (tertiary/aromatic N) is 4. The van der Waals surface area contributed by atoms with Crippen molar-refractivity contribution in [3.8, 4) is 5.75 Å². The summed E-state index contributed by atoms with van der Waals surface area (Å²) in [7, 11) is 0. The predicted octanol–water partition coefficient (Wildman–Crippen LogP) is 4.33. The lowest BCUT2D eigenvalue weighted by atomic mass is 10.2. The number of hydrogen-bond acceptors (Lipinski definition) is 5. The lowest BCUT2D eigenvalue weighted by Gasteiger charge is -2.29. The molecule has 0 spiro atoms. The number of hydrogen-bond donors (Lipinski definition) is 0. The highest BCUT2D eigenvalue weighted by Crippen LogP contribution is 2.26. The summed E-state index contributed by atoms with van der Waals surface area (Å²) in [5, 5.41) is 10.7. The van der Waals surface area contributed by atoms with E-state index in [9.17, 15) is 13.6 Å². The van der Waals surface area contributed by atoms with Gasteiger partial charge in [0.05, 0.1) is 6.54 Å². The summed E-state index contributed by atoms with van der Waals surface area (Å²) in [5.41, 5.74) is 0.311. The minimum absolute atomic E-state index is 0.133. The normalized spacial score (nSPS) is 13.3. The summed E-state index contributed by atoms with van der Waals surface area (Å²) in [6.07, 6.45) is 0. The van der Waals surface area contributed by atoms with Crippen molar-refractivity contribution >= 4 is 40.9 Å². The van der Waals surface area contributed by atoms with Crippen molar-refractivity contribution in [3.63, 3.8) is 0 Å². The molecule has 1 aromatic heterocycles. The monoisotopic (exact) mass is 456 g/mol. The maximum atomic E-state index is 13.8. The topological polar surface area (TPSA) is 60.3 Å². The molecule has 1 aliphatic rings. The Morgan fingerprint density at radius 1 is 1.14 bits per heavy atom. The Bertz CT molecular complexity index is 1080. The molecule has 0 saturated carbocycles. The average molecular weight is 457 g/mol. The van der Waals surface area contributed by atoms with Gasteiger partial charge in [-0.15, -0.1) is 10.2 Å². The van der Waals surface area contributed by atoms with Gasteiger partial charge in [0.25, 0.3) is 5.91 Å². The van der Waals surface area contributed by atoms with Crippen LogP contribution in [0.5, 0.6) is 5.75 Å². The zero-order chi connectivity index (χ0) is 20.5. The number of thioether (sulfide) groups is 1. The minimum atomic E-state index is -0.834. The molecule has 11 heteroatoms. The van der Waals surface area contributed by atoms with Crippen molar-refractivity contribution in [2.24, 2.45) is 0 Å². The van der Waals surface area contributed by atoms with Crippen LogP contribution in [0.3, 0.4) is 0 Å². The van der Waals surface area contributed by atoms with Gasteiger partial charge in [0, 0.05) is 27.4 Å². The number of fused-ring (bicyclic) bond motifs is 1. The van der Waals surface area contributed by atoms with Gasteiger partial charge in [0.15, 0.2) is 17.4 Å². The first kappa shape index (κ1) is 19.9. The number of carbonyl (C=O) groups excluding carboxylic acids is 1. The van der Waals surface area contributed by atoms with Crippen molar-refractivity contribution < 1.29 is 18.3 Å². The highest BCUT2D eigenvalue weighted by Gasteiger charge is 2.29. The van der Waals surface area contributed by atoms with Gasteiger partial charge in [-0.25, -0.2) is 18.5 Å². The second-order valence-corrected chi connectivity index (χ2v) is 7.94. The van der Waals surface area contributed by atoms with Gasteiger partial charge in [-0.05, 0) is 30.3 Å². The first-order valence-corrected chi connectivity index (χ1v) is 10.1. The van der Waals surface area contributed by atoms with Crippen LogP contribution >= 0.6 is 35.0 Å². The van der Waals surface area contributed by atoms with E-state index in [0.717, 1.165) is 12.1 Å². The third-order valence-electron chi connectivity index (χ3n) is 4.05. The largest absolute Gasteiger partial charge is 0.482 e. The van der Waals surface area contributed by atoms with Gasteiger partial charge < -0.3 is 4.74 Å². The Kier molecular flexibility index (Phi) is 5.62. The summed E-state index contributed by atoms with van der Waals surface area (Å²) in [6.45, 7) is 0.215. The first-order valence-electron chi connectivity index (χ1n) is 8.35. The molecule has 1 aliphatic heterocycles. The maximum absolute atomic E-state index is 13.8. The number of amides is 1. The van der Waals surface area contributed by atoms with Crippen LogP contribution in [0.2, 0.25) is 10.0 Å². The fraction of sp³-hybridized carbons (Fsp3) is 0.167. The van der Waals surface area contributed by atoms with Crippen molar-refractivity contribution in [2.45, 2.75) is 11.8 Å². The maximum Gasteiger partial charge on any atom is 0.272 e. The van der Waals surface area contributed by atoms with Gasteiger partial charge in [0.2, 0.25) is 5.16 Å². The standard InChI is InChI=1S/C18H12Cl2F2N4O2S/c19-11-5-10(6-12(20)7-11)17(27)25-3-4-29-18-24-23-16(26(18)25)9-28-15-2-1-13(21)8-14(15)22/h1-2,5-8H,3-4,9H2. The van der Waals surface area contributed by atoms with E-state index in [1.807, 2.05) is 0 Å². The summed E-state index contributed by atoms with van der Waals surface area (Å²) < 4.78 is 33.8. The average Bonchev–Trinajstić information content (AvgIpc) is 3.09. The Hall–Kier alpha value is -2.36. The van der Waals surface area contributed by atoms with Crippen LogP contribution in [0.15, 0.2) is 41.6 Å². The molecule has 0 radical (unpaired) electrons. The molecule has 1 amide bonds. The highest BCUT2D eigenvalue weighted by atomic mass is 35.5. The Morgan fingerprint density at radius 3 is 2.62 bits per heavy atom. The van der Waals surface area contributed by atoms with Crippen LogP contribution in [0.25, 0.3) is 0 Å². The number of halogens is 4. The van der Waals surface area contributed by atoms with Crippen LogP contribution in [0.1, 0.15) is 16.2 Å². The molecule has 0 saturated heterocycles. The SMILES string of the molecule is O=C(c1cc(Cl)cc(Cl)c1)N1CCSc2nnc(COc3ccc(F)cc3F)n21. The van der Waals surface area contributed by atoms with Crippen molar-refractivity contribution in [1.29, 1.82) is 0 Å². The lowest BCUT2D eigenvalue weighted by Crippen LogP contribution is -2.45. The minimum Gasteiger partial charge on any atom is -0.482 e. The molecule has 0 N–H and O–H groups in total. The summed E-state index contributed by atoms with van der Waals surface area (Å²) >= 11 is 13.5. The molecule has 6 nitrogen and oxygen atoms in total. The fourth-order valence-electron chi connectivity index (χ4n) is 2.79. The number of aromatic nitrogens is 3. The summed E-state index contributed by atoms with van der Waals surface area (Å²) in [6, 6.07) is 7.57. The first-order chi connectivity index (χ1) is 13.9. The van der Waals surface area contributed by atoms with E-state index in [-0.39, 0.29) is 24.1 Å². The van der Waals surface area contributed by atoms with Gasteiger partial charge in [-0.3, -0.25) is 4.79 Å². The molecule has 150 valence electrons. The third-order valence-corrected chi connectivity index (χ3v) is 5.38. The number of rotatable bonds is 4. The number of benzene rings is 2. The van der Waals surface area contributed by atoms with Crippen molar-refractivity contribution in [3.05, 3.63) is 69.5 Å². The summed E-state index contributed by atoms with van der Waals surface area (Å²) in [4.78, 5) is 13.1. The molecular weight excluding hydrogens is 445 g/mol. The zero-order valence-corrected chi connectivity index (χ0v) is 16.9. The van der Waals surface area contributed by atoms with Crippen LogP contribution in [0.4, 0.5) is 8.78 Å². The molecule has 2 aromatic carbocycles. The molecule has 3 aromatic rings. The molecule has 0 unspecified atom stereocenters. The van der Waals surface area contributed by atoms with E-state index in [4.69, 9.17) is 27.9 Å². The van der Waals surface area contributed by atoms with Gasteiger partial charge >= 0.3 is 0 Å². The van der Waals surface area contributed by atoms with Gasteiger partial charge in [-0.2, -0.15) is 0 Å². The van der Waals surface area contributed by atoms with Crippen molar-refractivity contribution in [2.75, 3.05) is 17.3 Å². The zero-order valence-electron chi connectivity index (χ0n) is 14.6. The van der Waals surface area contributed by atoms with E-state index in [0.29, 0.717) is 33.1 Å². The van der Waals surface area contributed by atoms with Gasteiger partial charge in [0.1, 0.15) is 12.4 Å². The third kappa shape index (κ3) is 4.17.